The highest BCUT2D eigenvalue weighted by Gasteiger charge is 2.39. The summed E-state index contributed by atoms with van der Waals surface area (Å²) in [7, 11) is -3.90. The number of sulfonamides is 1. The van der Waals surface area contributed by atoms with Crippen LogP contribution in [0.3, 0.4) is 0 Å². The fraction of sp³-hybridized carbons (Fsp3) is 0.375. The maximum atomic E-state index is 13.1. The fourth-order valence-electron chi connectivity index (χ4n) is 3.73. The summed E-state index contributed by atoms with van der Waals surface area (Å²) in [6, 6.07) is 15.3. The summed E-state index contributed by atoms with van der Waals surface area (Å²) in [5.41, 5.74) is 0.447. The lowest BCUT2D eigenvalue weighted by Crippen LogP contribution is -2.49. The van der Waals surface area contributed by atoms with Crippen molar-refractivity contribution in [2.24, 2.45) is 0 Å². The van der Waals surface area contributed by atoms with E-state index in [0.29, 0.717) is 24.9 Å². The van der Waals surface area contributed by atoms with Gasteiger partial charge in [0.25, 0.3) is 5.91 Å². The average molecular weight is 489 g/mol. The van der Waals surface area contributed by atoms with Crippen LogP contribution in [-0.4, -0.2) is 62.9 Å². The van der Waals surface area contributed by atoms with Crippen LogP contribution in [0.15, 0.2) is 65.6 Å². The van der Waals surface area contributed by atoms with Gasteiger partial charge in [-0.3, -0.25) is 19.3 Å². The molecule has 0 aliphatic carbocycles. The molecule has 182 valence electrons. The van der Waals surface area contributed by atoms with E-state index < -0.39 is 40.5 Å². The van der Waals surface area contributed by atoms with Gasteiger partial charge in [-0.05, 0) is 50.5 Å². The fourth-order valence-corrected chi connectivity index (χ4v) is 5.40. The lowest BCUT2D eigenvalue weighted by molar-refractivity contribution is -0.152. The maximum Gasteiger partial charge on any atom is 0.326 e. The van der Waals surface area contributed by atoms with E-state index in [1.807, 2.05) is 0 Å². The van der Waals surface area contributed by atoms with Gasteiger partial charge in [0.05, 0.1) is 11.5 Å². The van der Waals surface area contributed by atoms with Crippen molar-refractivity contribution in [3.63, 3.8) is 0 Å². The molecule has 1 aliphatic rings. The van der Waals surface area contributed by atoms with Crippen molar-refractivity contribution in [1.29, 1.82) is 0 Å². The molecule has 9 nitrogen and oxygen atoms in total. The summed E-state index contributed by atoms with van der Waals surface area (Å²) >= 11 is 0. The van der Waals surface area contributed by atoms with Gasteiger partial charge in [-0.1, -0.05) is 36.4 Å². The van der Waals surface area contributed by atoms with Gasteiger partial charge < -0.3 is 9.47 Å². The second-order valence-electron chi connectivity index (χ2n) is 7.67. The van der Waals surface area contributed by atoms with Crippen molar-refractivity contribution < 1.29 is 32.3 Å². The molecule has 2 aromatic rings. The van der Waals surface area contributed by atoms with E-state index in [1.165, 1.54) is 17.0 Å². The normalized spacial score (nSPS) is 16.4. The molecule has 1 amide bonds. The first-order valence-electron chi connectivity index (χ1n) is 11.1. The Balaban J connectivity index is 1.71. The first-order chi connectivity index (χ1) is 16.3. The van der Waals surface area contributed by atoms with Crippen LogP contribution in [0.1, 0.15) is 26.2 Å². The number of ether oxygens (including phenoxy) is 2. The molecule has 1 unspecified atom stereocenters. The van der Waals surface area contributed by atoms with Crippen molar-refractivity contribution >= 4 is 33.6 Å². The summed E-state index contributed by atoms with van der Waals surface area (Å²) in [5, 5.41) is 0. The lowest BCUT2D eigenvalue weighted by Gasteiger charge is -2.33. The van der Waals surface area contributed by atoms with E-state index in [4.69, 9.17) is 9.47 Å². The summed E-state index contributed by atoms with van der Waals surface area (Å²) in [6.07, 6.45) is 1.58. The number of benzene rings is 2. The van der Waals surface area contributed by atoms with Crippen molar-refractivity contribution in [1.82, 2.24) is 4.31 Å². The largest absolute Gasteiger partial charge is 0.465 e. The minimum absolute atomic E-state index is 0.0930. The van der Waals surface area contributed by atoms with Crippen LogP contribution in [0.25, 0.3) is 0 Å². The molecule has 0 radical (unpaired) electrons. The molecule has 1 fully saturated rings. The summed E-state index contributed by atoms with van der Waals surface area (Å²) in [4.78, 5) is 39.0. The van der Waals surface area contributed by atoms with Crippen molar-refractivity contribution in [2.45, 2.75) is 37.1 Å². The van der Waals surface area contributed by atoms with Crippen LogP contribution in [0.4, 0.5) is 5.69 Å². The summed E-state index contributed by atoms with van der Waals surface area (Å²) in [6.45, 7) is 1.03. The minimum atomic E-state index is -3.90. The van der Waals surface area contributed by atoms with Gasteiger partial charge >= 0.3 is 11.9 Å². The Bertz CT molecular complexity index is 1090. The number of para-hydroxylation sites is 1. The second-order valence-corrected chi connectivity index (χ2v) is 9.56. The standard InChI is InChI=1S/C24H28N2O7S/c1-2-32-23(28)17-25(19-11-5-3-6-12-19)22(27)18-33-24(29)21-15-9-10-16-26(21)34(30,31)20-13-7-4-8-14-20/h3-8,11-14,21H,2,9-10,15-18H2,1H3. The molecular formula is C24H28N2O7S. The number of hydrogen-bond acceptors (Lipinski definition) is 7. The number of amides is 1. The zero-order valence-corrected chi connectivity index (χ0v) is 19.8. The van der Waals surface area contributed by atoms with Gasteiger partial charge in [-0.25, -0.2) is 8.42 Å². The Morgan fingerprint density at radius 3 is 2.26 bits per heavy atom. The second kappa shape index (κ2) is 11.8. The van der Waals surface area contributed by atoms with Crippen LogP contribution in [0, 0.1) is 0 Å². The van der Waals surface area contributed by atoms with Crippen molar-refractivity contribution in [2.75, 3.05) is 31.2 Å². The molecule has 0 saturated carbocycles. The number of piperidine rings is 1. The van der Waals surface area contributed by atoms with Crippen LogP contribution >= 0.6 is 0 Å². The lowest BCUT2D eigenvalue weighted by atomic mass is 10.1. The van der Waals surface area contributed by atoms with Gasteiger partial charge in [-0.15, -0.1) is 0 Å². The monoisotopic (exact) mass is 488 g/mol. The Labute approximate surface area is 199 Å². The molecule has 34 heavy (non-hydrogen) atoms. The van der Waals surface area contributed by atoms with Crippen LogP contribution < -0.4 is 4.90 Å². The highest BCUT2D eigenvalue weighted by molar-refractivity contribution is 7.89. The predicted octanol–water partition coefficient (Wildman–Crippen LogP) is 2.37. The summed E-state index contributed by atoms with van der Waals surface area (Å²) in [5.74, 6) is -2.02. The highest BCUT2D eigenvalue weighted by Crippen LogP contribution is 2.26. The van der Waals surface area contributed by atoms with Crippen LogP contribution in [-0.2, 0) is 33.9 Å². The highest BCUT2D eigenvalue weighted by atomic mass is 32.2. The van der Waals surface area contributed by atoms with E-state index in [-0.39, 0.29) is 24.6 Å². The van der Waals surface area contributed by atoms with Gasteiger partial charge in [-0.2, -0.15) is 4.31 Å². The molecule has 0 N–H and O–H groups in total. The zero-order chi connectivity index (χ0) is 24.6. The molecule has 3 rings (SSSR count). The molecule has 1 aliphatic heterocycles. The first-order valence-corrected chi connectivity index (χ1v) is 12.5. The number of anilines is 1. The number of carbonyl (C=O) groups is 3. The quantitative estimate of drug-likeness (QED) is 0.498. The molecule has 1 saturated heterocycles. The number of nitrogens with zero attached hydrogens (tertiary/aromatic N) is 2. The third-order valence-corrected chi connectivity index (χ3v) is 7.30. The Morgan fingerprint density at radius 2 is 1.62 bits per heavy atom. The first kappa shape index (κ1) is 25.4. The SMILES string of the molecule is CCOC(=O)CN(C(=O)COC(=O)C1CCCCN1S(=O)(=O)c1ccccc1)c1ccccc1. The number of esters is 2. The Morgan fingerprint density at radius 1 is 0.971 bits per heavy atom. The van der Waals surface area contributed by atoms with Crippen LogP contribution in [0.5, 0.6) is 0 Å². The van der Waals surface area contributed by atoms with Gasteiger partial charge in [0.15, 0.2) is 6.61 Å². The number of carbonyl (C=O) groups excluding carboxylic acids is 3. The molecule has 0 bridgehead atoms. The molecule has 10 heteroatoms. The molecular weight excluding hydrogens is 460 g/mol. The topological polar surface area (TPSA) is 110 Å². The molecule has 2 aromatic carbocycles. The molecule has 1 heterocycles. The maximum absolute atomic E-state index is 13.1. The van der Waals surface area contributed by atoms with E-state index in [1.54, 1.807) is 55.5 Å². The molecule has 0 spiro atoms. The van der Waals surface area contributed by atoms with Gasteiger partial charge in [0.2, 0.25) is 10.0 Å². The van der Waals surface area contributed by atoms with E-state index in [0.717, 1.165) is 4.31 Å². The smallest absolute Gasteiger partial charge is 0.326 e. The Hall–Kier alpha value is -3.24. The third-order valence-electron chi connectivity index (χ3n) is 5.37. The van der Waals surface area contributed by atoms with Crippen molar-refractivity contribution in [3.8, 4) is 0 Å². The number of rotatable bonds is 9. The average Bonchev–Trinajstić information content (AvgIpc) is 2.87. The predicted molar refractivity (Wildman–Crippen MR) is 124 cm³/mol. The molecule has 0 aromatic heterocycles. The Kier molecular flexibility index (Phi) is 8.78. The van der Waals surface area contributed by atoms with Crippen LogP contribution in [0.2, 0.25) is 0 Å². The zero-order valence-electron chi connectivity index (χ0n) is 19.0. The van der Waals surface area contributed by atoms with E-state index in [2.05, 4.69) is 0 Å². The third kappa shape index (κ3) is 6.21. The van der Waals surface area contributed by atoms with Crippen molar-refractivity contribution in [3.05, 3.63) is 60.7 Å². The van der Waals surface area contributed by atoms with E-state index >= 15 is 0 Å². The van der Waals surface area contributed by atoms with Gasteiger partial charge in [0.1, 0.15) is 12.6 Å². The van der Waals surface area contributed by atoms with Gasteiger partial charge in [0, 0.05) is 12.2 Å². The van der Waals surface area contributed by atoms with E-state index in [9.17, 15) is 22.8 Å². The summed E-state index contributed by atoms with van der Waals surface area (Å²) < 4.78 is 37.6. The number of hydrogen-bond donors (Lipinski definition) is 0. The molecule has 1 atom stereocenters. The minimum Gasteiger partial charge on any atom is -0.465 e.